The summed E-state index contributed by atoms with van der Waals surface area (Å²) in [7, 11) is 0. The monoisotopic (exact) mass is 246 g/mol. The van der Waals surface area contributed by atoms with Gasteiger partial charge in [0.1, 0.15) is 0 Å². The van der Waals surface area contributed by atoms with Crippen molar-refractivity contribution in [2.75, 3.05) is 0 Å². The van der Waals surface area contributed by atoms with Gasteiger partial charge in [0.05, 0.1) is 0 Å². The number of rotatable bonds is 5. The maximum absolute atomic E-state index is 11.3. The maximum Gasteiger partial charge on any atom is 0.249 e. The number of nitrogens with two attached hydrogens (primary N) is 1. The van der Waals surface area contributed by atoms with Crippen LogP contribution in [0.1, 0.15) is 48.5 Å². The van der Waals surface area contributed by atoms with E-state index in [1.165, 1.54) is 25.7 Å². The molecule has 0 heterocycles. The lowest BCUT2D eigenvalue weighted by atomic mass is 9.99. The Morgan fingerprint density at radius 2 is 2.06 bits per heavy atom. The Balaban J connectivity index is 1.95. The number of hydrogen-bond donors (Lipinski definition) is 2. The SMILES string of the molecule is C[C@@H](NCc1ccccc1C(N)=O)C1CCCC1. The third-order valence-corrected chi connectivity index (χ3v) is 4.00. The van der Waals surface area contributed by atoms with Crippen molar-refractivity contribution >= 4 is 5.91 Å². The highest BCUT2D eigenvalue weighted by atomic mass is 16.1. The summed E-state index contributed by atoms with van der Waals surface area (Å²) in [4.78, 5) is 11.3. The van der Waals surface area contributed by atoms with E-state index in [0.717, 1.165) is 18.0 Å². The average Bonchev–Trinajstić information content (AvgIpc) is 2.90. The molecule has 1 aromatic carbocycles. The van der Waals surface area contributed by atoms with Crippen molar-refractivity contribution in [1.82, 2.24) is 5.32 Å². The van der Waals surface area contributed by atoms with E-state index in [0.29, 0.717) is 11.6 Å². The molecule has 3 heteroatoms. The van der Waals surface area contributed by atoms with Crippen LogP contribution >= 0.6 is 0 Å². The van der Waals surface area contributed by atoms with Crippen molar-refractivity contribution in [1.29, 1.82) is 0 Å². The second-order valence-electron chi connectivity index (χ2n) is 5.24. The van der Waals surface area contributed by atoms with Crippen LogP contribution in [0.5, 0.6) is 0 Å². The van der Waals surface area contributed by atoms with Gasteiger partial charge in [0.15, 0.2) is 0 Å². The summed E-state index contributed by atoms with van der Waals surface area (Å²) in [6, 6.07) is 8.07. The molecule has 0 radical (unpaired) electrons. The van der Waals surface area contributed by atoms with Gasteiger partial charge in [-0.1, -0.05) is 31.0 Å². The number of carbonyl (C=O) groups is 1. The van der Waals surface area contributed by atoms with Crippen LogP contribution in [0.3, 0.4) is 0 Å². The van der Waals surface area contributed by atoms with Gasteiger partial charge < -0.3 is 11.1 Å². The maximum atomic E-state index is 11.3. The van der Waals surface area contributed by atoms with Crippen LogP contribution in [-0.2, 0) is 6.54 Å². The van der Waals surface area contributed by atoms with Crippen molar-refractivity contribution in [3.8, 4) is 0 Å². The molecule has 0 unspecified atom stereocenters. The summed E-state index contributed by atoms with van der Waals surface area (Å²) in [5.74, 6) is 0.437. The van der Waals surface area contributed by atoms with Gasteiger partial charge in [0.2, 0.25) is 5.91 Å². The summed E-state index contributed by atoms with van der Waals surface area (Å²) in [5.41, 5.74) is 7.00. The molecule has 18 heavy (non-hydrogen) atoms. The van der Waals surface area contributed by atoms with Crippen molar-refractivity contribution in [2.45, 2.75) is 45.2 Å². The summed E-state index contributed by atoms with van der Waals surface area (Å²) >= 11 is 0. The summed E-state index contributed by atoms with van der Waals surface area (Å²) in [5, 5.41) is 3.53. The van der Waals surface area contributed by atoms with E-state index in [4.69, 9.17) is 5.73 Å². The molecule has 0 bridgehead atoms. The first-order chi connectivity index (χ1) is 8.68. The highest BCUT2D eigenvalue weighted by molar-refractivity contribution is 5.94. The van der Waals surface area contributed by atoms with Crippen LogP contribution in [0.15, 0.2) is 24.3 Å². The minimum Gasteiger partial charge on any atom is -0.366 e. The quantitative estimate of drug-likeness (QED) is 0.838. The van der Waals surface area contributed by atoms with Crippen molar-refractivity contribution < 1.29 is 4.79 Å². The molecule has 0 saturated heterocycles. The molecule has 1 fully saturated rings. The highest BCUT2D eigenvalue weighted by Gasteiger charge is 2.21. The van der Waals surface area contributed by atoms with Crippen LogP contribution in [0.4, 0.5) is 0 Å². The fourth-order valence-electron chi connectivity index (χ4n) is 2.81. The van der Waals surface area contributed by atoms with E-state index in [-0.39, 0.29) is 5.91 Å². The molecular formula is C15H22N2O. The molecule has 0 aromatic heterocycles. The third kappa shape index (κ3) is 3.10. The van der Waals surface area contributed by atoms with Gasteiger partial charge in [-0.2, -0.15) is 0 Å². The first kappa shape index (κ1) is 13.1. The predicted octanol–water partition coefficient (Wildman–Crippen LogP) is 2.45. The minimum atomic E-state index is -0.346. The fraction of sp³-hybridized carbons (Fsp3) is 0.533. The molecule has 1 amide bonds. The first-order valence-corrected chi connectivity index (χ1v) is 6.79. The third-order valence-electron chi connectivity index (χ3n) is 4.00. The Bertz CT molecular complexity index is 411. The molecule has 1 aromatic rings. The van der Waals surface area contributed by atoms with Gasteiger partial charge >= 0.3 is 0 Å². The normalized spacial score (nSPS) is 17.8. The van der Waals surface area contributed by atoms with E-state index in [9.17, 15) is 4.79 Å². The largest absolute Gasteiger partial charge is 0.366 e. The Hall–Kier alpha value is -1.35. The van der Waals surface area contributed by atoms with Gasteiger partial charge in [-0.3, -0.25) is 4.79 Å². The van der Waals surface area contributed by atoms with Gasteiger partial charge in [-0.15, -0.1) is 0 Å². The van der Waals surface area contributed by atoms with Crippen molar-refractivity contribution in [3.05, 3.63) is 35.4 Å². The molecule has 1 atom stereocenters. The summed E-state index contributed by atoms with van der Waals surface area (Å²) < 4.78 is 0. The topological polar surface area (TPSA) is 55.1 Å². The molecule has 0 aliphatic heterocycles. The molecule has 2 rings (SSSR count). The number of primary amides is 1. The molecule has 1 aliphatic carbocycles. The first-order valence-electron chi connectivity index (χ1n) is 6.79. The highest BCUT2D eigenvalue weighted by Crippen LogP contribution is 2.27. The minimum absolute atomic E-state index is 0.346. The van der Waals surface area contributed by atoms with Crippen LogP contribution < -0.4 is 11.1 Å². The fourth-order valence-corrected chi connectivity index (χ4v) is 2.81. The van der Waals surface area contributed by atoms with Gasteiger partial charge in [-0.25, -0.2) is 0 Å². The van der Waals surface area contributed by atoms with Crippen LogP contribution in [0, 0.1) is 5.92 Å². The average molecular weight is 246 g/mol. The molecule has 98 valence electrons. The van der Waals surface area contributed by atoms with Crippen molar-refractivity contribution in [3.63, 3.8) is 0 Å². The molecule has 1 aliphatic rings. The number of nitrogens with one attached hydrogen (secondary N) is 1. The lowest BCUT2D eigenvalue weighted by Crippen LogP contribution is -2.32. The second kappa shape index (κ2) is 6.01. The number of carbonyl (C=O) groups excluding carboxylic acids is 1. The number of amides is 1. The van der Waals surface area contributed by atoms with Gasteiger partial charge in [0.25, 0.3) is 0 Å². The van der Waals surface area contributed by atoms with Gasteiger partial charge in [0, 0.05) is 18.2 Å². The second-order valence-corrected chi connectivity index (χ2v) is 5.24. The Labute approximate surface area is 109 Å². The van der Waals surface area contributed by atoms with E-state index in [1.807, 2.05) is 18.2 Å². The number of hydrogen-bond acceptors (Lipinski definition) is 2. The summed E-state index contributed by atoms with van der Waals surface area (Å²) in [6.45, 7) is 2.96. The lowest BCUT2D eigenvalue weighted by molar-refractivity contribution is 0.0999. The van der Waals surface area contributed by atoms with Crippen LogP contribution in [0.2, 0.25) is 0 Å². The Kier molecular flexibility index (Phi) is 4.37. The molecular weight excluding hydrogens is 224 g/mol. The van der Waals surface area contributed by atoms with E-state index >= 15 is 0 Å². The molecule has 3 nitrogen and oxygen atoms in total. The molecule has 1 saturated carbocycles. The summed E-state index contributed by atoms with van der Waals surface area (Å²) in [6.07, 6.45) is 5.36. The zero-order chi connectivity index (χ0) is 13.0. The van der Waals surface area contributed by atoms with E-state index < -0.39 is 0 Å². The van der Waals surface area contributed by atoms with Gasteiger partial charge in [-0.05, 0) is 37.3 Å². The molecule has 0 spiro atoms. The Morgan fingerprint density at radius 3 is 2.72 bits per heavy atom. The Morgan fingerprint density at radius 1 is 1.39 bits per heavy atom. The van der Waals surface area contributed by atoms with Crippen molar-refractivity contribution in [2.24, 2.45) is 11.7 Å². The zero-order valence-corrected chi connectivity index (χ0v) is 11.0. The van der Waals surface area contributed by atoms with E-state index in [1.54, 1.807) is 6.07 Å². The molecule has 3 N–H and O–H groups in total. The number of benzene rings is 1. The predicted molar refractivity (Wildman–Crippen MR) is 73.2 cm³/mol. The zero-order valence-electron chi connectivity index (χ0n) is 11.0. The standard InChI is InChI=1S/C15H22N2O/c1-11(12-6-2-3-7-12)17-10-13-8-4-5-9-14(13)15(16)18/h4-5,8-9,11-12,17H,2-3,6-7,10H2,1H3,(H2,16,18)/t11-/m1/s1. The smallest absolute Gasteiger partial charge is 0.249 e. The van der Waals surface area contributed by atoms with Crippen LogP contribution in [-0.4, -0.2) is 11.9 Å². The van der Waals surface area contributed by atoms with E-state index in [2.05, 4.69) is 12.2 Å². The van der Waals surface area contributed by atoms with Crippen LogP contribution in [0.25, 0.3) is 0 Å². The lowest BCUT2D eigenvalue weighted by Gasteiger charge is -2.21.